The molecule has 148 valence electrons. The summed E-state index contributed by atoms with van der Waals surface area (Å²) in [6, 6.07) is 19.7. The Bertz CT molecular complexity index is 1420. The second kappa shape index (κ2) is 6.88. The summed E-state index contributed by atoms with van der Waals surface area (Å²) in [6.45, 7) is 4.21. The molecule has 5 rings (SSSR count). The number of pyridine rings is 1. The van der Waals surface area contributed by atoms with E-state index in [1.165, 1.54) is 11.1 Å². The van der Waals surface area contributed by atoms with Gasteiger partial charge >= 0.3 is 0 Å². The Balaban J connectivity index is 1.87. The summed E-state index contributed by atoms with van der Waals surface area (Å²) in [4.78, 5) is 4.66. The van der Waals surface area contributed by atoms with E-state index >= 15 is 0 Å². The fourth-order valence-electron chi connectivity index (χ4n) is 3.81. The molecule has 0 radical (unpaired) electrons. The van der Waals surface area contributed by atoms with E-state index in [0.29, 0.717) is 5.75 Å². The van der Waals surface area contributed by atoms with Crippen LogP contribution in [0.15, 0.2) is 66.9 Å². The molecule has 30 heavy (non-hydrogen) atoms. The van der Waals surface area contributed by atoms with Crippen LogP contribution in [0.25, 0.3) is 38.8 Å². The Labute approximate surface area is 174 Å². The fraction of sp³-hybridized carbons (Fsp3) is 0.120. The van der Waals surface area contributed by atoms with Gasteiger partial charge in [-0.1, -0.05) is 24.3 Å². The topological polar surface area (TPSA) is 60.2 Å². The Kier molecular flexibility index (Phi) is 4.17. The second-order valence-corrected chi connectivity index (χ2v) is 7.45. The van der Waals surface area contributed by atoms with Crippen LogP contribution in [-0.4, -0.2) is 27.0 Å². The molecular weight excluding hydrogens is 374 g/mol. The van der Waals surface area contributed by atoms with Crippen molar-refractivity contribution in [2.24, 2.45) is 0 Å². The summed E-state index contributed by atoms with van der Waals surface area (Å²) < 4.78 is 7.30. The summed E-state index contributed by atoms with van der Waals surface area (Å²) in [5, 5.41) is 17.0. The zero-order valence-corrected chi connectivity index (χ0v) is 17.0. The van der Waals surface area contributed by atoms with Crippen molar-refractivity contribution in [3.05, 3.63) is 78.0 Å². The predicted molar refractivity (Wildman–Crippen MR) is 119 cm³/mol. The number of aryl methyl sites for hydroxylation is 2. The lowest BCUT2D eigenvalue weighted by molar-refractivity contribution is 0.373. The van der Waals surface area contributed by atoms with Gasteiger partial charge in [0.25, 0.3) is 0 Å². The average molecular weight is 395 g/mol. The zero-order valence-electron chi connectivity index (χ0n) is 17.0. The first-order chi connectivity index (χ1) is 14.6. The minimum absolute atomic E-state index is 0.0997. The molecule has 0 bridgehead atoms. The molecule has 5 nitrogen and oxygen atoms in total. The molecular formula is C25H21N3O2. The van der Waals surface area contributed by atoms with Gasteiger partial charge in [0.15, 0.2) is 11.5 Å². The number of methoxy groups -OCH3 is 1. The van der Waals surface area contributed by atoms with Crippen LogP contribution in [0.5, 0.6) is 11.5 Å². The number of ether oxygens (including phenoxy) is 1. The molecule has 0 atom stereocenters. The summed E-state index contributed by atoms with van der Waals surface area (Å²) >= 11 is 0. The maximum absolute atomic E-state index is 10.0. The molecule has 0 fully saturated rings. The predicted octanol–water partition coefficient (Wildman–Crippen LogP) is 5.57. The molecule has 0 aliphatic carbocycles. The number of phenolic OH excluding ortho intramolecular Hbond substituents is 1. The van der Waals surface area contributed by atoms with Crippen molar-refractivity contribution in [2.75, 3.05) is 7.11 Å². The number of hydrogen-bond acceptors (Lipinski definition) is 4. The van der Waals surface area contributed by atoms with Crippen LogP contribution < -0.4 is 4.74 Å². The van der Waals surface area contributed by atoms with Crippen molar-refractivity contribution in [3.63, 3.8) is 0 Å². The van der Waals surface area contributed by atoms with Gasteiger partial charge in [0, 0.05) is 22.5 Å². The molecule has 3 aromatic carbocycles. The van der Waals surface area contributed by atoms with Gasteiger partial charge in [-0.25, -0.2) is 4.68 Å². The lowest BCUT2D eigenvalue weighted by atomic mass is 10.1. The van der Waals surface area contributed by atoms with Crippen molar-refractivity contribution in [3.8, 4) is 28.4 Å². The molecule has 0 saturated heterocycles. The van der Waals surface area contributed by atoms with Gasteiger partial charge in [0.1, 0.15) is 5.69 Å². The lowest BCUT2D eigenvalue weighted by Gasteiger charge is -2.08. The maximum atomic E-state index is 10.0. The van der Waals surface area contributed by atoms with E-state index in [1.807, 2.05) is 35.1 Å². The van der Waals surface area contributed by atoms with Gasteiger partial charge in [-0.15, -0.1) is 0 Å². The van der Waals surface area contributed by atoms with Gasteiger partial charge < -0.3 is 9.84 Å². The van der Waals surface area contributed by atoms with Gasteiger partial charge in [0.2, 0.25) is 0 Å². The highest BCUT2D eigenvalue weighted by Gasteiger charge is 2.18. The minimum Gasteiger partial charge on any atom is -0.504 e. The lowest BCUT2D eigenvalue weighted by Crippen LogP contribution is -1.98. The summed E-state index contributed by atoms with van der Waals surface area (Å²) in [7, 11) is 1.54. The highest BCUT2D eigenvalue weighted by Crippen LogP contribution is 2.37. The number of para-hydroxylation sites is 1. The number of benzene rings is 3. The van der Waals surface area contributed by atoms with Crippen LogP contribution in [0.1, 0.15) is 11.1 Å². The van der Waals surface area contributed by atoms with Gasteiger partial charge in [-0.3, -0.25) is 4.98 Å². The average Bonchev–Trinajstić information content (AvgIpc) is 3.16. The van der Waals surface area contributed by atoms with Crippen molar-refractivity contribution in [2.45, 2.75) is 13.8 Å². The molecule has 2 heterocycles. The fourth-order valence-corrected chi connectivity index (χ4v) is 3.81. The third kappa shape index (κ3) is 2.78. The van der Waals surface area contributed by atoms with Crippen LogP contribution in [0.4, 0.5) is 0 Å². The second-order valence-electron chi connectivity index (χ2n) is 7.45. The smallest absolute Gasteiger partial charge is 0.161 e. The van der Waals surface area contributed by atoms with E-state index in [9.17, 15) is 5.11 Å². The number of hydrogen-bond donors (Lipinski definition) is 1. The first-order valence-electron chi connectivity index (χ1n) is 9.78. The number of phenols is 1. The molecule has 0 aliphatic heterocycles. The van der Waals surface area contributed by atoms with Crippen LogP contribution in [-0.2, 0) is 0 Å². The number of fused-ring (bicyclic) bond motifs is 3. The van der Waals surface area contributed by atoms with Gasteiger partial charge in [-0.05, 0) is 61.4 Å². The van der Waals surface area contributed by atoms with Crippen LogP contribution >= 0.6 is 0 Å². The van der Waals surface area contributed by atoms with Crippen LogP contribution in [0, 0.1) is 13.8 Å². The monoisotopic (exact) mass is 395 g/mol. The highest BCUT2D eigenvalue weighted by molar-refractivity contribution is 6.08. The van der Waals surface area contributed by atoms with Crippen molar-refractivity contribution < 1.29 is 9.84 Å². The van der Waals surface area contributed by atoms with Crippen molar-refractivity contribution in [1.82, 2.24) is 14.8 Å². The summed E-state index contributed by atoms with van der Waals surface area (Å²) in [5.74, 6) is 0.512. The van der Waals surface area contributed by atoms with Gasteiger partial charge in [0.05, 0.1) is 23.8 Å². The number of aromatic hydroxyl groups is 1. The Morgan fingerprint density at radius 2 is 1.73 bits per heavy atom. The minimum atomic E-state index is 0.0997. The van der Waals surface area contributed by atoms with Crippen LogP contribution in [0.2, 0.25) is 0 Å². The Morgan fingerprint density at radius 1 is 0.900 bits per heavy atom. The first kappa shape index (κ1) is 18.2. The van der Waals surface area contributed by atoms with E-state index in [-0.39, 0.29) is 5.75 Å². The number of nitrogens with zero attached hydrogens (tertiary/aromatic N) is 3. The van der Waals surface area contributed by atoms with E-state index < -0.39 is 0 Å². The Morgan fingerprint density at radius 3 is 2.53 bits per heavy atom. The largest absolute Gasteiger partial charge is 0.504 e. The Hall–Kier alpha value is -3.86. The zero-order chi connectivity index (χ0) is 20.8. The molecule has 1 N–H and O–H groups in total. The van der Waals surface area contributed by atoms with E-state index in [1.54, 1.807) is 19.2 Å². The number of aromatic nitrogens is 3. The molecule has 0 saturated carbocycles. The highest BCUT2D eigenvalue weighted by atomic mass is 16.5. The first-order valence-corrected chi connectivity index (χ1v) is 9.78. The van der Waals surface area contributed by atoms with E-state index in [4.69, 9.17) is 9.84 Å². The van der Waals surface area contributed by atoms with Crippen molar-refractivity contribution >= 4 is 21.8 Å². The van der Waals surface area contributed by atoms with Crippen molar-refractivity contribution in [1.29, 1.82) is 0 Å². The molecule has 5 aromatic rings. The maximum Gasteiger partial charge on any atom is 0.161 e. The molecule has 2 aromatic heterocycles. The SMILES string of the molecule is COc1cc(-c2nn(-c3ccc(C)c(C)c3)c3c2cnc2ccccc23)ccc1O. The quantitative estimate of drug-likeness (QED) is 0.434. The molecule has 0 spiro atoms. The molecule has 5 heteroatoms. The third-order valence-electron chi connectivity index (χ3n) is 5.60. The normalized spacial score (nSPS) is 11.3. The van der Waals surface area contributed by atoms with Crippen LogP contribution in [0.3, 0.4) is 0 Å². The third-order valence-corrected chi connectivity index (χ3v) is 5.60. The van der Waals surface area contributed by atoms with E-state index in [2.05, 4.69) is 43.1 Å². The summed E-state index contributed by atoms with van der Waals surface area (Å²) in [5.41, 5.74) is 7.02. The molecule has 0 unspecified atom stereocenters. The molecule has 0 aliphatic rings. The van der Waals surface area contributed by atoms with E-state index in [0.717, 1.165) is 38.8 Å². The molecule has 0 amide bonds. The number of rotatable bonds is 3. The van der Waals surface area contributed by atoms with Gasteiger partial charge in [-0.2, -0.15) is 5.10 Å². The summed E-state index contributed by atoms with van der Waals surface area (Å²) in [6.07, 6.45) is 1.87. The standard InChI is InChI=1S/C25H21N3O2/c1-15-8-10-18(12-16(15)2)28-25-19-6-4-5-7-21(19)26-14-20(25)24(27-28)17-9-11-22(29)23(13-17)30-3/h4-14,29H,1-3H3.